The lowest BCUT2D eigenvalue weighted by atomic mass is 10.0. The minimum absolute atomic E-state index is 0. The fourth-order valence-electron chi connectivity index (χ4n) is 4.66. The van der Waals surface area contributed by atoms with Crippen molar-refractivity contribution in [1.82, 2.24) is 19.8 Å². The van der Waals surface area contributed by atoms with E-state index in [1.54, 1.807) is 37.4 Å². The number of H-pyrrole nitrogens is 1. The first-order chi connectivity index (χ1) is 19.5. The molecule has 0 aliphatic carbocycles. The van der Waals surface area contributed by atoms with Gasteiger partial charge in [-0.25, -0.2) is 9.78 Å². The number of aryl methyl sites for hydroxylation is 1. The minimum atomic E-state index is -4.56. The number of alkyl halides is 3. The number of rotatable bonds is 6. The van der Waals surface area contributed by atoms with Crippen LogP contribution in [0, 0.1) is 6.92 Å². The van der Waals surface area contributed by atoms with Crippen molar-refractivity contribution >= 4 is 64.0 Å². The minimum Gasteiger partial charge on any atom is -0.456 e. The third kappa shape index (κ3) is 7.22. The maximum atomic E-state index is 13.9. The highest BCUT2D eigenvalue weighted by Gasteiger charge is 2.34. The standard InChI is InChI=1S/C28H27Cl2F3N6O2.ClH/c1-16-13-19(41-22-7-8-34-26-23(22)24(29)25(30)37-26)5-6-21(16)36-27(40)35-18-4-3-17(20(14-18)28(31,32)33)15-39-11-9-38(2)10-12-39;/h3-8,13-14H,9-12,15H2,1-2H3,(H,34,37)(H2,35,36,40);1H. The number of urea groups is 1. The molecule has 1 fully saturated rings. The third-order valence-corrected chi connectivity index (χ3v) is 7.65. The number of carbonyl (C=O) groups is 1. The number of nitrogens with one attached hydrogen (secondary N) is 3. The number of fused-ring (bicyclic) bond motifs is 1. The van der Waals surface area contributed by atoms with Gasteiger partial charge in [-0.05, 0) is 61.5 Å². The number of aromatic amines is 1. The van der Waals surface area contributed by atoms with E-state index in [1.807, 2.05) is 11.9 Å². The number of halogens is 6. The number of aromatic nitrogens is 2. The van der Waals surface area contributed by atoms with E-state index in [0.29, 0.717) is 46.9 Å². The summed E-state index contributed by atoms with van der Waals surface area (Å²) in [5.74, 6) is 0.914. The number of likely N-dealkylation sites (N-methyl/N-ethyl adjacent to an activating group) is 1. The molecule has 5 rings (SSSR count). The highest BCUT2D eigenvalue weighted by Crippen LogP contribution is 2.38. The molecule has 1 saturated heterocycles. The number of amides is 2. The van der Waals surface area contributed by atoms with Gasteiger partial charge in [0.1, 0.15) is 22.3 Å². The van der Waals surface area contributed by atoms with Crippen LogP contribution < -0.4 is 15.4 Å². The van der Waals surface area contributed by atoms with Crippen molar-refractivity contribution in [2.45, 2.75) is 19.6 Å². The van der Waals surface area contributed by atoms with Crippen molar-refractivity contribution in [2.24, 2.45) is 0 Å². The summed E-state index contributed by atoms with van der Waals surface area (Å²) >= 11 is 12.4. The van der Waals surface area contributed by atoms with Crippen LogP contribution in [-0.4, -0.2) is 59.0 Å². The summed E-state index contributed by atoms with van der Waals surface area (Å²) in [5, 5.41) is 6.26. The molecular formula is C28H28Cl3F3N6O2. The molecule has 0 bridgehead atoms. The van der Waals surface area contributed by atoms with Gasteiger partial charge in [-0.3, -0.25) is 4.90 Å². The second kappa shape index (κ2) is 13.0. The average molecular weight is 644 g/mol. The number of benzene rings is 2. The van der Waals surface area contributed by atoms with E-state index in [9.17, 15) is 18.0 Å². The quantitative estimate of drug-likeness (QED) is 0.200. The Bertz CT molecular complexity index is 1590. The first-order valence-corrected chi connectivity index (χ1v) is 13.5. The molecule has 1 aliphatic heterocycles. The van der Waals surface area contributed by atoms with Crippen LogP contribution in [0.3, 0.4) is 0 Å². The van der Waals surface area contributed by atoms with Crippen LogP contribution in [0.2, 0.25) is 10.2 Å². The summed E-state index contributed by atoms with van der Waals surface area (Å²) in [6.45, 7) is 4.95. The van der Waals surface area contributed by atoms with Crippen molar-refractivity contribution in [3.05, 3.63) is 75.5 Å². The third-order valence-electron chi connectivity index (χ3n) is 6.89. The number of nitrogens with zero attached hydrogens (tertiary/aromatic N) is 3. The van der Waals surface area contributed by atoms with E-state index in [-0.39, 0.29) is 40.4 Å². The molecule has 3 heterocycles. The van der Waals surface area contributed by atoms with E-state index in [0.717, 1.165) is 19.2 Å². The number of pyridine rings is 1. The highest BCUT2D eigenvalue weighted by molar-refractivity contribution is 6.45. The van der Waals surface area contributed by atoms with Crippen molar-refractivity contribution < 1.29 is 22.7 Å². The Morgan fingerprint density at radius 3 is 2.50 bits per heavy atom. The van der Waals surface area contributed by atoms with Gasteiger partial charge in [0.2, 0.25) is 0 Å². The lowest BCUT2D eigenvalue weighted by Crippen LogP contribution is -2.44. The zero-order valence-corrected chi connectivity index (χ0v) is 24.9. The summed E-state index contributed by atoms with van der Waals surface area (Å²) in [5.41, 5.74) is 1.05. The van der Waals surface area contributed by atoms with Gasteiger partial charge in [-0.1, -0.05) is 29.3 Å². The predicted octanol–water partition coefficient (Wildman–Crippen LogP) is 7.80. The normalized spacial score (nSPS) is 14.5. The van der Waals surface area contributed by atoms with Crippen molar-refractivity contribution in [2.75, 3.05) is 43.9 Å². The van der Waals surface area contributed by atoms with Crippen LogP contribution in [0.4, 0.5) is 29.3 Å². The fraction of sp³-hybridized carbons (Fsp3) is 0.286. The first kappa shape index (κ1) is 31.7. The monoisotopic (exact) mass is 642 g/mol. The Balaban J connectivity index is 0.00000405. The summed E-state index contributed by atoms with van der Waals surface area (Å²) in [7, 11) is 1.99. The number of hydrogen-bond acceptors (Lipinski definition) is 5. The van der Waals surface area contributed by atoms with Gasteiger partial charge in [-0.15, -0.1) is 12.4 Å². The molecule has 2 aromatic heterocycles. The second-order valence-corrected chi connectivity index (χ2v) is 10.6. The van der Waals surface area contributed by atoms with Crippen LogP contribution >= 0.6 is 35.6 Å². The molecular weight excluding hydrogens is 616 g/mol. The van der Waals surface area contributed by atoms with Crippen molar-refractivity contribution in [3.8, 4) is 11.5 Å². The van der Waals surface area contributed by atoms with E-state index >= 15 is 0 Å². The Morgan fingerprint density at radius 2 is 1.81 bits per heavy atom. The Hall–Kier alpha value is -3.22. The Morgan fingerprint density at radius 1 is 1.07 bits per heavy atom. The molecule has 0 radical (unpaired) electrons. The van der Waals surface area contributed by atoms with Gasteiger partial charge >= 0.3 is 12.2 Å². The van der Waals surface area contributed by atoms with E-state index in [4.69, 9.17) is 27.9 Å². The van der Waals surface area contributed by atoms with E-state index < -0.39 is 17.8 Å². The van der Waals surface area contributed by atoms with Crippen LogP contribution in [-0.2, 0) is 12.7 Å². The molecule has 14 heteroatoms. The van der Waals surface area contributed by atoms with Gasteiger partial charge < -0.3 is 25.3 Å². The molecule has 0 unspecified atom stereocenters. The lowest BCUT2D eigenvalue weighted by molar-refractivity contribution is -0.138. The zero-order chi connectivity index (χ0) is 29.3. The van der Waals surface area contributed by atoms with Crippen LogP contribution in [0.25, 0.3) is 11.0 Å². The summed E-state index contributed by atoms with van der Waals surface area (Å²) in [6.07, 6.45) is -3.00. The molecule has 1 aliphatic rings. The number of piperazine rings is 1. The van der Waals surface area contributed by atoms with Crippen molar-refractivity contribution in [3.63, 3.8) is 0 Å². The van der Waals surface area contributed by atoms with E-state index in [2.05, 4.69) is 25.5 Å². The molecule has 0 spiro atoms. The topological polar surface area (TPSA) is 85.5 Å². The molecule has 4 aromatic rings. The lowest BCUT2D eigenvalue weighted by Gasteiger charge is -2.33. The SMILES string of the molecule is Cc1cc(Oc2ccnc3[nH]c(Cl)c(Cl)c23)ccc1NC(=O)Nc1ccc(CN2CCN(C)CC2)c(C(F)(F)F)c1.Cl. The summed E-state index contributed by atoms with van der Waals surface area (Å²) in [4.78, 5) is 23.9. The molecule has 224 valence electrons. The van der Waals surface area contributed by atoms with Crippen molar-refractivity contribution in [1.29, 1.82) is 0 Å². The van der Waals surface area contributed by atoms with Crippen LogP contribution in [0.15, 0.2) is 48.7 Å². The van der Waals surface area contributed by atoms with Gasteiger partial charge in [-0.2, -0.15) is 13.2 Å². The first-order valence-electron chi connectivity index (χ1n) is 12.8. The smallest absolute Gasteiger partial charge is 0.416 e. The second-order valence-electron chi connectivity index (χ2n) is 9.89. The predicted molar refractivity (Wildman–Crippen MR) is 161 cm³/mol. The molecule has 0 atom stereocenters. The van der Waals surface area contributed by atoms with Crippen LogP contribution in [0.5, 0.6) is 11.5 Å². The number of anilines is 2. The summed E-state index contributed by atoms with van der Waals surface area (Å²) in [6, 6.07) is 9.85. The Kier molecular flexibility index (Phi) is 9.79. The van der Waals surface area contributed by atoms with Gasteiger partial charge in [0.05, 0.1) is 16.0 Å². The largest absolute Gasteiger partial charge is 0.456 e. The number of hydrogen-bond donors (Lipinski definition) is 3. The number of carbonyl (C=O) groups excluding carboxylic acids is 1. The number of ether oxygens (including phenoxy) is 1. The maximum absolute atomic E-state index is 13.9. The Labute approximate surface area is 256 Å². The molecule has 42 heavy (non-hydrogen) atoms. The molecule has 2 aromatic carbocycles. The molecule has 8 nitrogen and oxygen atoms in total. The van der Waals surface area contributed by atoms with Gasteiger partial charge in [0.25, 0.3) is 0 Å². The summed E-state index contributed by atoms with van der Waals surface area (Å²) < 4.78 is 47.7. The van der Waals surface area contributed by atoms with Gasteiger partial charge in [0, 0.05) is 50.3 Å². The molecule has 3 N–H and O–H groups in total. The molecule has 2 amide bonds. The average Bonchev–Trinajstić information content (AvgIpc) is 3.21. The maximum Gasteiger partial charge on any atom is 0.416 e. The van der Waals surface area contributed by atoms with Crippen LogP contribution in [0.1, 0.15) is 16.7 Å². The highest BCUT2D eigenvalue weighted by atomic mass is 35.5. The molecule has 0 saturated carbocycles. The van der Waals surface area contributed by atoms with Gasteiger partial charge in [0.15, 0.2) is 0 Å². The van der Waals surface area contributed by atoms with E-state index in [1.165, 1.54) is 12.1 Å². The zero-order valence-electron chi connectivity index (χ0n) is 22.6. The fourth-order valence-corrected chi connectivity index (χ4v) is 5.07.